The van der Waals surface area contributed by atoms with Gasteiger partial charge in [0.2, 0.25) is 0 Å². The third kappa shape index (κ3) is 2.58. The minimum Gasteiger partial charge on any atom is -0.289 e. The van der Waals surface area contributed by atoms with E-state index >= 15 is 0 Å². The summed E-state index contributed by atoms with van der Waals surface area (Å²) in [5.74, 6) is 0.990. The summed E-state index contributed by atoms with van der Waals surface area (Å²) in [5.41, 5.74) is 2.03. The number of thioether (sulfide) groups is 1. The molecule has 0 bridgehead atoms. The average molecular weight is 301 g/mol. The highest BCUT2D eigenvalue weighted by molar-refractivity contribution is 7.99. The topological polar surface area (TPSA) is 30.0 Å². The fraction of sp³-hybridized carbons (Fsp3) is 0.250. The standard InChI is InChI=1S/C16H15NOS2/c1-2-3-10-19-16-13(18)9-8-12-15(16)20-14-7-5-4-6-11(14)17-12/h4-9H,2-3,10H2,1H3. The van der Waals surface area contributed by atoms with E-state index in [1.165, 1.54) is 0 Å². The Balaban J connectivity index is 2.16. The first-order valence-corrected chi connectivity index (χ1v) is 8.55. The molecule has 1 aliphatic carbocycles. The van der Waals surface area contributed by atoms with E-state index in [1.807, 2.05) is 24.3 Å². The number of hydrogen-bond donors (Lipinski definition) is 0. The smallest absolute Gasteiger partial charge is 0.193 e. The average Bonchev–Trinajstić information content (AvgIpc) is 2.48. The van der Waals surface area contributed by atoms with Gasteiger partial charge in [-0.3, -0.25) is 4.79 Å². The zero-order valence-corrected chi connectivity index (χ0v) is 12.9. The van der Waals surface area contributed by atoms with Crippen molar-refractivity contribution in [3.63, 3.8) is 0 Å². The molecule has 20 heavy (non-hydrogen) atoms. The van der Waals surface area contributed by atoms with Crippen LogP contribution < -0.4 is 5.43 Å². The van der Waals surface area contributed by atoms with Crippen LogP contribution >= 0.6 is 23.1 Å². The molecule has 0 saturated carbocycles. The Kier molecular flexibility index (Phi) is 4.03. The largest absolute Gasteiger partial charge is 0.289 e. The maximum absolute atomic E-state index is 12.1. The molecule has 0 spiro atoms. The number of hydrogen-bond acceptors (Lipinski definition) is 4. The number of aromatic nitrogens is 1. The van der Waals surface area contributed by atoms with Crippen LogP contribution in [0.15, 0.2) is 46.1 Å². The molecule has 1 aromatic carbocycles. The van der Waals surface area contributed by atoms with E-state index in [0.717, 1.165) is 44.3 Å². The highest BCUT2D eigenvalue weighted by Gasteiger charge is 2.15. The molecule has 2 aliphatic rings. The summed E-state index contributed by atoms with van der Waals surface area (Å²) in [5, 5.41) is 0. The number of benzene rings is 2. The van der Waals surface area contributed by atoms with Gasteiger partial charge in [-0.1, -0.05) is 25.5 Å². The van der Waals surface area contributed by atoms with E-state index < -0.39 is 0 Å². The summed E-state index contributed by atoms with van der Waals surface area (Å²) in [7, 11) is 0. The lowest BCUT2D eigenvalue weighted by Gasteiger charge is -2.10. The number of nitrogens with zero attached hydrogens (tertiary/aromatic N) is 1. The number of para-hydroxylation sites is 1. The Bertz CT molecular complexity index is 766. The summed E-state index contributed by atoms with van der Waals surface area (Å²) in [6.45, 7) is 2.17. The van der Waals surface area contributed by atoms with Crippen LogP contribution in [0.3, 0.4) is 0 Å². The molecule has 0 amide bonds. The fourth-order valence-corrected chi connectivity index (χ4v) is 4.43. The molecule has 4 heteroatoms. The van der Waals surface area contributed by atoms with Crippen molar-refractivity contribution in [1.82, 2.24) is 4.98 Å². The Morgan fingerprint density at radius 3 is 2.90 bits per heavy atom. The Labute approximate surface area is 126 Å². The zero-order valence-electron chi connectivity index (χ0n) is 11.3. The molecule has 0 N–H and O–H groups in total. The predicted molar refractivity (Wildman–Crippen MR) is 88.1 cm³/mol. The van der Waals surface area contributed by atoms with Crippen molar-refractivity contribution in [1.29, 1.82) is 0 Å². The summed E-state index contributed by atoms with van der Waals surface area (Å²) in [6, 6.07) is 11.6. The van der Waals surface area contributed by atoms with Crippen molar-refractivity contribution in [2.75, 3.05) is 5.75 Å². The van der Waals surface area contributed by atoms with Crippen LogP contribution in [0.2, 0.25) is 0 Å². The van der Waals surface area contributed by atoms with E-state index in [0.29, 0.717) is 0 Å². The van der Waals surface area contributed by atoms with E-state index in [-0.39, 0.29) is 5.43 Å². The van der Waals surface area contributed by atoms with Crippen molar-refractivity contribution < 1.29 is 0 Å². The van der Waals surface area contributed by atoms with Gasteiger partial charge in [0.05, 0.1) is 25.7 Å². The summed E-state index contributed by atoms with van der Waals surface area (Å²) in [6.07, 6.45) is 2.28. The first-order valence-electron chi connectivity index (χ1n) is 6.75. The van der Waals surface area contributed by atoms with Crippen molar-refractivity contribution in [2.24, 2.45) is 0 Å². The van der Waals surface area contributed by atoms with Gasteiger partial charge in [0.25, 0.3) is 0 Å². The Morgan fingerprint density at radius 2 is 2.05 bits per heavy atom. The van der Waals surface area contributed by atoms with Gasteiger partial charge in [-0.25, -0.2) is 4.98 Å². The molecule has 0 unspecified atom stereocenters. The monoisotopic (exact) mass is 301 g/mol. The number of fused-ring (bicyclic) bond motifs is 2. The van der Waals surface area contributed by atoms with Crippen molar-refractivity contribution in [2.45, 2.75) is 24.7 Å². The molecular weight excluding hydrogens is 286 g/mol. The second kappa shape index (κ2) is 5.94. The lowest BCUT2D eigenvalue weighted by molar-refractivity contribution is 0.896. The predicted octanol–water partition coefficient (Wildman–Crippen LogP) is 4.65. The van der Waals surface area contributed by atoms with Crippen LogP contribution in [0.1, 0.15) is 19.8 Å². The van der Waals surface area contributed by atoms with Crippen LogP contribution in [0.5, 0.6) is 0 Å². The molecule has 1 heterocycles. The van der Waals surface area contributed by atoms with E-state index in [1.54, 1.807) is 29.2 Å². The molecule has 0 fully saturated rings. The van der Waals surface area contributed by atoms with Gasteiger partial charge in [0, 0.05) is 0 Å². The summed E-state index contributed by atoms with van der Waals surface area (Å²) in [4.78, 5) is 18.7. The molecule has 2 nitrogen and oxygen atoms in total. The first kappa shape index (κ1) is 13.6. The highest BCUT2D eigenvalue weighted by Crippen LogP contribution is 2.36. The molecule has 1 aromatic rings. The van der Waals surface area contributed by atoms with Crippen LogP contribution in [-0.4, -0.2) is 10.7 Å². The van der Waals surface area contributed by atoms with Gasteiger partial charge in [0.1, 0.15) is 0 Å². The number of rotatable bonds is 4. The summed E-state index contributed by atoms with van der Waals surface area (Å²) >= 11 is 3.33. The van der Waals surface area contributed by atoms with Crippen LogP contribution in [0, 0.1) is 0 Å². The van der Waals surface area contributed by atoms with E-state index in [4.69, 9.17) is 0 Å². The number of unbranched alkanes of at least 4 members (excludes halogenated alkanes) is 1. The molecule has 102 valence electrons. The SMILES string of the molecule is CCCCSc1c2sc3ccccc3nc-2ccc1=O. The minimum absolute atomic E-state index is 0.118. The molecular formula is C16H15NOS2. The normalized spacial score (nSPS) is 11.2. The van der Waals surface area contributed by atoms with Crippen LogP contribution in [0.25, 0.3) is 20.8 Å². The van der Waals surface area contributed by atoms with Crippen LogP contribution in [0.4, 0.5) is 0 Å². The molecule has 0 aromatic heterocycles. The molecule has 1 aliphatic heterocycles. The van der Waals surface area contributed by atoms with Gasteiger partial charge in [-0.05, 0) is 36.4 Å². The zero-order chi connectivity index (χ0) is 13.9. The van der Waals surface area contributed by atoms with E-state index in [9.17, 15) is 4.79 Å². The quantitative estimate of drug-likeness (QED) is 0.399. The van der Waals surface area contributed by atoms with Gasteiger partial charge < -0.3 is 0 Å². The minimum atomic E-state index is 0.118. The molecule has 0 saturated heterocycles. The first-order chi connectivity index (χ1) is 9.79. The second-order valence-corrected chi connectivity index (χ2v) is 6.78. The Morgan fingerprint density at radius 1 is 1.20 bits per heavy atom. The fourth-order valence-electron chi connectivity index (χ4n) is 2.05. The Hall–Kier alpha value is -1.39. The van der Waals surface area contributed by atoms with Crippen LogP contribution in [-0.2, 0) is 0 Å². The lowest BCUT2D eigenvalue weighted by atomic mass is 10.2. The van der Waals surface area contributed by atoms with Crippen molar-refractivity contribution in [3.8, 4) is 10.6 Å². The van der Waals surface area contributed by atoms with Crippen molar-refractivity contribution in [3.05, 3.63) is 46.6 Å². The third-order valence-electron chi connectivity index (χ3n) is 3.12. The molecule has 0 radical (unpaired) electrons. The van der Waals surface area contributed by atoms with Gasteiger partial charge in [-0.2, -0.15) is 0 Å². The van der Waals surface area contributed by atoms with E-state index in [2.05, 4.69) is 18.0 Å². The molecule has 3 rings (SSSR count). The highest BCUT2D eigenvalue weighted by atomic mass is 32.2. The van der Waals surface area contributed by atoms with Gasteiger partial charge in [0.15, 0.2) is 5.43 Å². The van der Waals surface area contributed by atoms with Gasteiger partial charge >= 0.3 is 0 Å². The molecule has 0 atom stereocenters. The van der Waals surface area contributed by atoms with Gasteiger partial charge in [-0.15, -0.1) is 23.1 Å². The maximum atomic E-state index is 12.1. The maximum Gasteiger partial charge on any atom is 0.193 e. The second-order valence-electron chi connectivity index (χ2n) is 4.62. The van der Waals surface area contributed by atoms with Crippen molar-refractivity contribution >= 4 is 33.3 Å². The third-order valence-corrected chi connectivity index (χ3v) is 5.62. The lowest BCUT2D eigenvalue weighted by Crippen LogP contribution is -2.05. The summed E-state index contributed by atoms with van der Waals surface area (Å²) < 4.78 is 1.13.